The molecule has 3 aromatic rings. The van der Waals surface area contributed by atoms with Crippen LogP contribution in [0.1, 0.15) is 31.1 Å². The summed E-state index contributed by atoms with van der Waals surface area (Å²) in [7, 11) is 1.64. The van der Waals surface area contributed by atoms with Gasteiger partial charge < -0.3 is 10.1 Å². The molecule has 0 spiro atoms. The Balaban J connectivity index is 2.11. The van der Waals surface area contributed by atoms with Gasteiger partial charge in [-0.05, 0) is 37.1 Å². The molecule has 4 heteroatoms. The van der Waals surface area contributed by atoms with Gasteiger partial charge in [-0.1, -0.05) is 44.2 Å². The highest BCUT2D eigenvalue weighted by Crippen LogP contribution is 2.27. The molecule has 0 radical (unpaired) electrons. The zero-order chi connectivity index (χ0) is 18.7. The van der Waals surface area contributed by atoms with Gasteiger partial charge >= 0.3 is 0 Å². The molecule has 3 rings (SSSR count). The number of carbonyl (C=O) groups excluding carboxylic acids is 1. The van der Waals surface area contributed by atoms with Crippen molar-refractivity contribution in [1.82, 2.24) is 10.3 Å². The molecule has 1 heterocycles. The molecule has 0 saturated heterocycles. The molecule has 0 aliphatic heterocycles. The number of hydrogen-bond donors (Lipinski definition) is 1. The van der Waals surface area contributed by atoms with Crippen LogP contribution in [0.3, 0.4) is 0 Å². The van der Waals surface area contributed by atoms with Crippen molar-refractivity contribution in [3.8, 4) is 17.0 Å². The number of nitrogens with one attached hydrogen (secondary N) is 1. The van der Waals surface area contributed by atoms with Crippen LogP contribution in [0.2, 0.25) is 0 Å². The monoisotopic (exact) mass is 348 g/mol. The number of ether oxygens (including phenoxy) is 1. The van der Waals surface area contributed by atoms with Gasteiger partial charge in [0.25, 0.3) is 5.91 Å². The topological polar surface area (TPSA) is 51.2 Å². The van der Waals surface area contributed by atoms with E-state index in [0.29, 0.717) is 11.5 Å². The minimum atomic E-state index is -0.0750. The van der Waals surface area contributed by atoms with Gasteiger partial charge in [0.2, 0.25) is 0 Å². The van der Waals surface area contributed by atoms with Crippen LogP contribution in [-0.4, -0.2) is 24.0 Å². The second-order valence-electron chi connectivity index (χ2n) is 6.81. The maximum atomic E-state index is 12.9. The Labute approximate surface area is 154 Å². The van der Waals surface area contributed by atoms with Gasteiger partial charge in [-0.25, -0.2) is 4.98 Å². The highest BCUT2D eigenvalue weighted by molar-refractivity contribution is 6.07. The second kappa shape index (κ2) is 7.56. The first-order valence-electron chi connectivity index (χ1n) is 8.84. The summed E-state index contributed by atoms with van der Waals surface area (Å²) in [6.45, 7) is 6.21. The van der Waals surface area contributed by atoms with Crippen molar-refractivity contribution < 1.29 is 9.53 Å². The van der Waals surface area contributed by atoms with Crippen molar-refractivity contribution in [3.05, 3.63) is 60.2 Å². The molecule has 2 aromatic carbocycles. The van der Waals surface area contributed by atoms with Gasteiger partial charge in [-0.3, -0.25) is 4.79 Å². The number of rotatable bonds is 5. The third-order valence-corrected chi connectivity index (χ3v) is 4.69. The lowest BCUT2D eigenvalue weighted by atomic mass is 10.0. The summed E-state index contributed by atoms with van der Waals surface area (Å²) in [5.74, 6) is 1.05. The number of pyridine rings is 1. The largest absolute Gasteiger partial charge is 0.497 e. The minimum absolute atomic E-state index is 0.0750. The van der Waals surface area contributed by atoms with Crippen molar-refractivity contribution in [2.75, 3.05) is 7.11 Å². The molecular weight excluding hydrogens is 324 g/mol. The van der Waals surface area contributed by atoms with Crippen LogP contribution in [0.25, 0.3) is 22.2 Å². The molecule has 26 heavy (non-hydrogen) atoms. The molecule has 0 bridgehead atoms. The Morgan fingerprint density at radius 1 is 1.04 bits per heavy atom. The molecule has 1 amide bonds. The lowest BCUT2D eigenvalue weighted by Crippen LogP contribution is -2.36. The van der Waals surface area contributed by atoms with E-state index in [-0.39, 0.29) is 11.9 Å². The zero-order valence-electron chi connectivity index (χ0n) is 15.6. The number of aromatic nitrogens is 1. The quantitative estimate of drug-likeness (QED) is 0.728. The second-order valence-corrected chi connectivity index (χ2v) is 6.81. The van der Waals surface area contributed by atoms with Crippen LogP contribution < -0.4 is 10.1 Å². The number of benzene rings is 2. The lowest BCUT2D eigenvalue weighted by Gasteiger charge is -2.18. The maximum Gasteiger partial charge on any atom is 0.252 e. The number of para-hydroxylation sites is 1. The third-order valence-electron chi connectivity index (χ3n) is 4.69. The number of methoxy groups -OCH3 is 1. The van der Waals surface area contributed by atoms with Crippen LogP contribution in [-0.2, 0) is 0 Å². The number of amides is 1. The highest BCUT2D eigenvalue weighted by atomic mass is 16.5. The molecule has 0 aliphatic rings. The first-order chi connectivity index (χ1) is 12.5. The molecule has 1 atom stereocenters. The van der Waals surface area contributed by atoms with Crippen LogP contribution in [0.15, 0.2) is 54.6 Å². The fourth-order valence-electron chi connectivity index (χ4n) is 2.74. The third kappa shape index (κ3) is 3.69. The summed E-state index contributed by atoms with van der Waals surface area (Å²) >= 11 is 0. The number of nitrogens with zero attached hydrogens (tertiary/aromatic N) is 1. The number of hydrogen-bond acceptors (Lipinski definition) is 3. The fourth-order valence-corrected chi connectivity index (χ4v) is 2.74. The maximum absolute atomic E-state index is 12.9. The molecule has 1 aromatic heterocycles. The Morgan fingerprint density at radius 3 is 2.54 bits per heavy atom. The average molecular weight is 348 g/mol. The van der Waals surface area contributed by atoms with Gasteiger partial charge in [0.1, 0.15) is 5.75 Å². The fraction of sp³-hybridized carbons (Fsp3) is 0.273. The summed E-state index contributed by atoms with van der Waals surface area (Å²) in [6.07, 6.45) is 0. The van der Waals surface area contributed by atoms with Crippen LogP contribution in [0.4, 0.5) is 0 Å². The van der Waals surface area contributed by atoms with E-state index in [1.54, 1.807) is 7.11 Å². The average Bonchev–Trinajstić information content (AvgIpc) is 2.66. The summed E-state index contributed by atoms with van der Waals surface area (Å²) < 4.78 is 5.31. The molecule has 0 saturated carbocycles. The minimum Gasteiger partial charge on any atom is -0.497 e. The van der Waals surface area contributed by atoms with E-state index in [0.717, 1.165) is 27.9 Å². The van der Waals surface area contributed by atoms with Gasteiger partial charge in [0.05, 0.1) is 23.9 Å². The zero-order valence-corrected chi connectivity index (χ0v) is 15.6. The van der Waals surface area contributed by atoms with E-state index >= 15 is 0 Å². The van der Waals surface area contributed by atoms with Crippen LogP contribution >= 0.6 is 0 Å². The molecule has 4 nitrogen and oxygen atoms in total. The Hall–Kier alpha value is -2.88. The normalized spacial score (nSPS) is 12.2. The van der Waals surface area contributed by atoms with Crippen molar-refractivity contribution in [1.29, 1.82) is 0 Å². The van der Waals surface area contributed by atoms with Crippen LogP contribution in [0, 0.1) is 5.92 Å². The Bertz CT molecular complexity index is 934. The molecule has 0 fully saturated rings. The molecule has 0 aliphatic carbocycles. The van der Waals surface area contributed by atoms with E-state index in [9.17, 15) is 4.79 Å². The number of fused-ring (bicyclic) bond motifs is 1. The highest BCUT2D eigenvalue weighted by Gasteiger charge is 2.17. The van der Waals surface area contributed by atoms with Gasteiger partial charge in [-0.2, -0.15) is 0 Å². The van der Waals surface area contributed by atoms with Gasteiger partial charge in [0.15, 0.2) is 0 Å². The summed E-state index contributed by atoms with van der Waals surface area (Å²) in [6, 6.07) is 17.4. The van der Waals surface area contributed by atoms with Crippen molar-refractivity contribution in [2.45, 2.75) is 26.8 Å². The molecule has 1 unspecified atom stereocenters. The Morgan fingerprint density at radius 2 is 1.81 bits per heavy atom. The predicted molar refractivity (Wildman–Crippen MR) is 105 cm³/mol. The van der Waals surface area contributed by atoms with E-state index in [1.165, 1.54) is 0 Å². The van der Waals surface area contributed by atoms with E-state index in [4.69, 9.17) is 9.72 Å². The summed E-state index contributed by atoms with van der Waals surface area (Å²) in [5.41, 5.74) is 3.11. The standard InChI is InChI=1S/C22H24N2O2/c1-14(2)15(3)23-22(25)19-13-21(16-8-7-9-17(12-16)26-4)24-20-11-6-5-10-18(19)20/h5-15H,1-4H3,(H,23,25). The van der Waals surface area contributed by atoms with Gasteiger partial charge in [0, 0.05) is 17.0 Å². The van der Waals surface area contributed by atoms with E-state index in [1.807, 2.05) is 61.5 Å². The van der Waals surface area contributed by atoms with Crippen LogP contribution in [0.5, 0.6) is 5.75 Å². The molecule has 1 N–H and O–H groups in total. The van der Waals surface area contributed by atoms with E-state index < -0.39 is 0 Å². The smallest absolute Gasteiger partial charge is 0.252 e. The van der Waals surface area contributed by atoms with Crippen molar-refractivity contribution >= 4 is 16.8 Å². The number of carbonyl (C=O) groups is 1. The lowest BCUT2D eigenvalue weighted by molar-refractivity contribution is 0.0932. The first-order valence-corrected chi connectivity index (χ1v) is 8.84. The summed E-state index contributed by atoms with van der Waals surface area (Å²) in [4.78, 5) is 17.7. The Kier molecular flexibility index (Phi) is 5.21. The predicted octanol–water partition coefficient (Wildman–Crippen LogP) is 4.68. The van der Waals surface area contributed by atoms with Crippen molar-refractivity contribution in [2.24, 2.45) is 5.92 Å². The molecule has 134 valence electrons. The SMILES string of the molecule is COc1cccc(-c2cc(C(=O)NC(C)C(C)C)c3ccccc3n2)c1. The van der Waals surface area contributed by atoms with E-state index in [2.05, 4.69) is 19.2 Å². The van der Waals surface area contributed by atoms with Gasteiger partial charge in [-0.15, -0.1) is 0 Å². The summed E-state index contributed by atoms with van der Waals surface area (Å²) in [5, 5.41) is 3.95. The van der Waals surface area contributed by atoms with Crippen molar-refractivity contribution in [3.63, 3.8) is 0 Å². The molecular formula is C22H24N2O2. The first kappa shape index (κ1) is 17.9.